The van der Waals surface area contributed by atoms with Crippen LogP contribution in [0, 0.1) is 0 Å². The number of hydrogen-bond acceptors (Lipinski definition) is 9. The van der Waals surface area contributed by atoms with Crippen LogP contribution in [0.15, 0.2) is 45.8 Å². The number of methoxy groups -OCH3 is 3. The normalized spacial score (nSPS) is 14.4. The second-order valence-corrected chi connectivity index (χ2v) is 8.34. The molecule has 0 unspecified atom stereocenters. The molecule has 0 aliphatic carbocycles. The summed E-state index contributed by atoms with van der Waals surface area (Å²) in [7, 11) is 4.10. The molecule has 1 heterocycles. The molecule has 0 spiro atoms. The van der Waals surface area contributed by atoms with Crippen molar-refractivity contribution >= 4 is 56.9 Å². The van der Waals surface area contributed by atoms with E-state index in [0.717, 1.165) is 4.90 Å². The molecule has 2 aromatic rings. The first-order chi connectivity index (χ1) is 15.8. The van der Waals surface area contributed by atoms with Crippen molar-refractivity contribution in [3.63, 3.8) is 0 Å². The van der Waals surface area contributed by atoms with Gasteiger partial charge in [-0.1, -0.05) is 0 Å². The van der Waals surface area contributed by atoms with Gasteiger partial charge < -0.3 is 18.9 Å². The minimum Gasteiger partial charge on any atom is -0.497 e. The lowest BCUT2D eigenvalue weighted by atomic mass is 10.1. The molecule has 1 aliphatic rings. The highest BCUT2D eigenvalue weighted by Crippen LogP contribution is 2.39. The standard InChI is InChI=1S/C22H18BrNO8S/c1-29-14-6-4-13(5-7-14)21(27)32-19-15(23)8-12(9-16(19)30-2)10-17-20(26)24(22(28)33-17)11-18(25)31-3/h4-10H,11H2,1-3H3/b17-10-. The van der Waals surface area contributed by atoms with Crippen LogP contribution in [0.5, 0.6) is 17.2 Å². The zero-order chi connectivity index (χ0) is 24.1. The molecule has 1 fully saturated rings. The van der Waals surface area contributed by atoms with E-state index in [1.165, 1.54) is 27.4 Å². The van der Waals surface area contributed by atoms with Gasteiger partial charge in [0.05, 0.1) is 36.3 Å². The Hall–Kier alpha value is -3.31. The number of thioether (sulfide) groups is 1. The lowest BCUT2D eigenvalue weighted by Crippen LogP contribution is -2.34. The number of nitrogens with zero attached hydrogens (tertiary/aromatic N) is 1. The number of halogens is 1. The Labute approximate surface area is 201 Å². The Morgan fingerprint density at radius 2 is 1.76 bits per heavy atom. The molecule has 2 aromatic carbocycles. The second kappa shape index (κ2) is 10.5. The molecule has 3 rings (SSSR count). The van der Waals surface area contributed by atoms with E-state index >= 15 is 0 Å². The topological polar surface area (TPSA) is 108 Å². The lowest BCUT2D eigenvalue weighted by Gasteiger charge is -2.13. The van der Waals surface area contributed by atoms with Gasteiger partial charge in [0, 0.05) is 0 Å². The summed E-state index contributed by atoms with van der Waals surface area (Å²) in [6.07, 6.45) is 1.48. The van der Waals surface area contributed by atoms with E-state index in [4.69, 9.17) is 14.2 Å². The first-order valence-corrected chi connectivity index (χ1v) is 10.9. The average Bonchev–Trinajstić information content (AvgIpc) is 3.07. The number of esters is 2. The summed E-state index contributed by atoms with van der Waals surface area (Å²) in [6.45, 7) is -0.466. The first kappa shape index (κ1) is 24.3. The van der Waals surface area contributed by atoms with Crippen molar-refractivity contribution in [1.82, 2.24) is 4.90 Å². The van der Waals surface area contributed by atoms with E-state index in [0.29, 0.717) is 33.1 Å². The van der Waals surface area contributed by atoms with Gasteiger partial charge in [-0.15, -0.1) is 0 Å². The molecule has 0 radical (unpaired) electrons. The lowest BCUT2D eigenvalue weighted by molar-refractivity contribution is -0.143. The van der Waals surface area contributed by atoms with E-state index in [2.05, 4.69) is 20.7 Å². The highest BCUT2D eigenvalue weighted by atomic mass is 79.9. The Bertz CT molecular complexity index is 1150. The van der Waals surface area contributed by atoms with Crippen molar-refractivity contribution in [3.8, 4) is 17.2 Å². The number of carbonyl (C=O) groups is 4. The fraction of sp³-hybridized carbons (Fsp3) is 0.182. The molecule has 0 N–H and O–H groups in total. The fourth-order valence-corrected chi connectivity index (χ4v) is 4.16. The smallest absolute Gasteiger partial charge is 0.343 e. The quantitative estimate of drug-likeness (QED) is 0.296. The van der Waals surface area contributed by atoms with Crippen LogP contribution < -0.4 is 14.2 Å². The van der Waals surface area contributed by atoms with Crippen LogP contribution in [-0.2, 0) is 14.3 Å². The molecule has 0 atom stereocenters. The van der Waals surface area contributed by atoms with Gasteiger partial charge in [0.15, 0.2) is 11.5 Å². The Morgan fingerprint density at radius 3 is 2.36 bits per heavy atom. The van der Waals surface area contributed by atoms with Crippen molar-refractivity contribution in [2.24, 2.45) is 0 Å². The molecule has 11 heteroatoms. The predicted molar refractivity (Wildman–Crippen MR) is 123 cm³/mol. The number of benzene rings is 2. The Kier molecular flexibility index (Phi) is 7.77. The molecular formula is C22H18BrNO8S. The zero-order valence-electron chi connectivity index (χ0n) is 17.7. The van der Waals surface area contributed by atoms with Gasteiger partial charge in [0.2, 0.25) is 0 Å². The SMILES string of the molecule is COC(=O)CN1C(=O)S/C(=C\c2cc(Br)c(OC(=O)c3ccc(OC)cc3)c(OC)c2)C1=O. The first-order valence-electron chi connectivity index (χ1n) is 9.33. The minimum atomic E-state index is -0.703. The number of carbonyl (C=O) groups excluding carboxylic acids is 4. The van der Waals surface area contributed by atoms with E-state index in [9.17, 15) is 19.2 Å². The third kappa shape index (κ3) is 5.55. The summed E-state index contributed by atoms with van der Waals surface area (Å²) in [5.41, 5.74) is 0.819. The van der Waals surface area contributed by atoms with E-state index in [-0.39, 0.29) is 16.4 Å². The van der Waals surface area contributed by atoms with Crippen LogP contribution >= 0.6 is 27.7 Å². The fourth-order valence-electron chi connectivity index (χ4n) is 2.78. The molecule has 0 saturated carbocycles. The molecule has 9 nitrogen and oxygen atoms in total. The second-order valence-electron chi connectivity index (χ2n) is 6.50. The van der Waals surface area contributed by atoms with E-state index < -0.39 is 29.6 Å². The van der Waals surface area contributed by atoms with Gasteiger partial charge in [0.25, 0.3) is 11.1 Å². The molecule has 1 saturated heterocycles. The van der Waals surface area contributed by atoms with Crippen molar-refractivity contribution in [1.29, 1.82) is 0 Å². The van der Waals surface area contributed by atoms with Gasteiger partial charge >= 0.3 is 11.9 Å². The molecule has 2 amide bonds. The summed E-state index contributed by atoms with van der Waals surface area (Å²) in [5, 5.41) is -0.576. The third-order valence-electron chi connectivity index (χ3n) is 4.46. The third-order valence-corrected chi connectivity index (χ3v) is 5.95. The zero-order valence-corrected chi connectivity index (χ0v) is 20.2. The summed E-state index contributed by atoms with van der Waals surface area (Å²) in [5.74, 6) is -0.939. The number of hydrogen-bond donors (Lipinski definition) is 0. The monoisotopic (exact) mass is 535 g/mol. The summed E-state index contributed by atoms with van der Waals surface area (Å²) in [4.78, 5) is 49.5. The maximum atomic E-state index is 12.5. The van der Waals surface area contributed by atoms with Crippen molar-refractivity contribution in [3.05, 3.63) is 56.9 Å². The van der Waals surface area contributed by atoms with Crippen LogP contribution in [0.2, 0.25) is 0 Å². The average molecular weight is 536 g/mol. The minimum absolute atomic E-state index is 0.126. The van der Waals surface area contributed by atoms with Crippen LogP contribution in [0.25, 0.3) is 6.08 Å². The van der Waals surface area contributed by atoms with Crippen LogP contribution in [-0.4, -0.2) is 55.9 Å². The largest absolute Gasteiger partial charge is 0.497 e. The van der Waals surface area contributed by atoms with E-state index in [1.54, 1.807) is 36.4 Å². The molecule has 0 bridgehead atoms. The number of amides is 2. The number of ether oxygens (including phenoxy) is 4. The maximum absolute atomic E-state index is 12.5. The van der Waals surface area contributed by atoms with Gasteiger partial charge in [-0.3, -0.25) is 19.3 Å². The maximum Gasteiger partial charge on any atom is 0.343 e. The number of rotatable bonds is 7. The van der Waals surface area contributed by atoms with Crippen molar-refractivity contribution < 1.29 is 38.1 Å². The molecule has 1 aliphatic heterocycles. The van der Waals surface area contributed by atoms with Crippen molar-refractivity contribution in [2.75, 3.05) is 27.9 Å². The molecule has 0 aromatic heterocycles. The highest BCUT2D eigenvalue weighted by Gasteiger charge is 2.36. The molecule has 33 heavy (non-hydrogen) atoms. The van der Waals surface area contributed by atoms with Crippen LogP contribution in [0.3, 0.4) is 0 Å². The van der Waals surface area contributed by atoms with E-state index in [1.807, 2.05) is 0 Å². The van der Waals surface area contributed by atoms with Gasteiger partial charge in [0.1, 0.15) is 12.3 Å². The van der Waals surface area contributed by atoms with Gasteiger partial charge in [-0.05, 0) is 75.7 Å². The van der Waals surface area contributed by atoms with Gasteiger partial charge in [-0.25, -0.2) is 4.79 Å². The molecular weight excluding hydrogens is 518 g/mol. The summed E-state index contributed by atoms with van der Waals surface area (Å²) in [6, 6.07) is 9.57. The van der Waals surface area contributed by atoms with Crippen LogP contribution in [0.4, 0.5) is 4.79 Å². The predicted octanol–water partition coefficient (Wildman–Crippen LogP) is 3.89. The Balaban J connectivity index is 1.84. The van der Waals surface area contributed by atoms with Crippen molar-refractivity contribution in [2.45, 2.75) is 0 Å². The Morgan fingerprint density at radius 1 is 1.06 bits per heavy atom. The van der Waals surface area contributed by atoms with Gasteiger partial charge in [-0.2, -0.15) is 0 Å². The molecule has 172 valence electrons. The number of imide groups is 1. The van der Waals surface area contributed by atoms with Crippen LogP contribution in [0.1, 0.15) is 15.9 Å². The summed E-state index contributed by atoms with van der Waals surface area (Å²) < 4.78 is 20.8. The summed E-state index contributed by atoms with van der Waals surface area (Å²) >= 11 is 4.06. The highest BCUT2D eigenvalue weighted by molar-refractivity contribution is 9.10.